The van der Waals surface area contributed by atoms with Gasteiger partial charge in [-0.05, 0) is 56.2 Å². The number of carboxylic acid groups (broad SMARTS) is 3. The Hall–Kier alpha value is -7.88. The third kappa shape index (κ3) is 14.1. The van der Waals surface area contributed by atoms with Crippen molar-refractivity contribution in [1.29, 1.82) is 0 Å². The standard InChI is InChI=1S/2C17H12N2.3C5H6O4.Ir/c2*1-11-10-18-16-14-8-4-2-6-12(14)13-7-3-5-9-15(13)17(16)19-11;3*1-3(6)2-4(7)5(8)9;/h2*2-10H,1H3;3*2H2,1H3,(H,8,9);/q;;;;;+3/p-3. The summed E-state index contributed by atoms with van der Waals surface area (Å²) in [6.45, 7) is 7.38. The predicted octanol–water partition coefficient (Wildman–Crippen LogP) is 3.34. The van der Waals surface area contributed by atoms with E-state index in [1.165, 1.54) is 43.1 Å². The number of Topliss-reactive ketones (excluding diaryl/α,β-unsaturated/α-hetero) is 6. The average Bonchev–Trinajstić information content (AvgIpc) is 3.26. The van der Waals surface area contributed by atoms with E-state index in [4.69, 9.17) is 9.97 Å². The summed E-state index contributed by atoms with van der Waals surface area (Å²) in [7, 11) is 0. The van der Waals surface area contributed by atoms with Crippen LogP contribution in [0.15, 0.2) is 109 Å². The fourth-order valence-electron chi connectivity index (χ4n) is 6.32. The number of carbonyl (C=O) groups excluding carboxylic acids is 9. The summed E-state index contributed by atoms with van der Waals surface area (Å²) in [6, 6.07) is 33.6. The predicted molar refractivity (Wildman–Crippen MR) is 235 cm³/mol. The number of carboxylic acids is 3. The number of carbonyl (C=O) groups is 9. The molecule has 2 aromatic heterocycles. The molecule has 0 saturated heterocycles. The van der Waals surface area contributed by atoms with Gasteiger partial charge in [0.25, 0.3) is 0 Å². The Balaban J connectivity index is 0.000000231. The maximum Gasteiger partial charge on any atom is 3.00 e. The van der Waals surface area contributed by atoms with E-state index < -0.39 is 71.9 Å². The Morgan fingerprint density at radius 3 is 0.788 bits per heavy atom. The summed E-state index contributed by atoms with van der Waals surface area (Å²) in [5.41, 5.74) is 5.87. The van der Waals surface area contributed by atoms with E-state index in [1.54, 1.807) is 0 Å². The first-order valence-electron chi connectivity index (χ1n) is 19.6. The first kappa shape index (κ1) is 52.5. The summed E-state index contributed by atoms with van der Waals surface area (Å²) in [4.78, 5) is 108. The van der Waals surface area contributed by atoms with Crippen LogP contribution >= 0.6 is 0 Å². The van der Waals surface area contributed by atoms with Gasteiger partial charge in [0.2, 0.25) is 0 Å². The van der Waals surface area contributed by atoms with E-state index >= 15 is 0 Å². The number of aromatic nitrogens is 4. The van der Waals surface area contributed by atoms with Crippen LogP contribution in [0.5, 0.6) is 0 Å². The van der Waals surface area contributed by atoms with Gasteiger partial charge in [-0.3, -0.25) is 38.7 Å². The molecule has 0 aliphatic rings. The summed E-state index contributed by atoms with van der Waals surface area (Å²) in [5.74, 6) is -10.3. The van der Waals surface area contributed by atoms with Gasteiger partial charge >= 0.3 is 20.1 Å². The van der Waals surface area contributed by atoms with Crippen LogP contribution in [0.3, 0.4) is 0 Å². The number of benzene rings is 6. The topological polar surface area (TPSA) is 274 Å². The molecule has 0 aliphatic heterocycles. The van der Waals surface area contributed by atoms with Crippen molar-refractivity contribution in [2.75, 3.05) is 0 Å². The van der Waals surface area contributed by atoms with E-state index in [2.05, 4.69) is 107 Å². The molecule has 17 heteroatoms. The third-order valence-electron chi connectivity index (χ3n) is 9.01. The minimum atomic E-state index is -1.80. The van der Waals surface area contributed by atoms with Gasteiger partial charge < -0.3 is 29.7 Å². The van der Waals surface area contributed by atoms with E-state index in [0.29, 0.717) is 0 Å². The fraction of sp³-hybridized carbons (Fsp3) is 0.163. The smallest absolute Gasteiger partial charge is 0.542 e. The van der Waals surface area contributed by atoms with Crippen molar-refractivity contribution in [2.24, 2.45) is 0 Å². The van der Waals surface area contributed by atoms with Gasteiger partial charge in [0.1, 0.15) is 35.3 Å². The zero-order valence-corrected chi connectivity index (χ0v) is 38.4. The molecule has 0 radical (unpaired) electrons. The van der Waals surface area contributed by atoms with Crippen molar-refractivity contribution < 1.29 is 78.6 Å². The first-order chi connectivity index (χ1) is 30.8. The van der Waals surface area contributed by atoms with Crippen molar-refractivity contribution in [1.82, 2.24) is 19.9 Å². The zero-order valence-electron chi connectivity index (χ0n) is 36.0. The SMILES string of the molecule is CC(=O)CC(=O)C(=O)[O-].CC(=O)CC(=O)C(=O)[O-].CC(=O)CC(=O)C(=O)[O-].Cc1cnc2c3ccccc3c3ccccc3c2n1.Cc1cnc2c3ccccc3c3ccccc3c2n1.[Ir+3]. The second-order valence-electron chi connectivity index (χ2n) is 14.4. The Bertz CT molecular complexity index is 2890. The average molecular weight is 1070 g/mol. The fourth-order valence-corrected chi connectivity index (χ4v) is 6.32. The van der Waals surface area contributed by atoms with E-state index in [0.717, 1.165) is 54.2 Å². The summed E-state index contributed by atoms with van der Waals surface area (Å²) in [5, 5.41) is 38.5. The molecule has 0 atom stereocenters. The molecule has 0 aliphatic carbocycles. The van der Waals surface area contributed by atoms with Crippen LogP contribution in [0.4, 0.5) is 0 Å². The number of rotatable bonds is 9. The Labute approximate surface area is 389 Å². The first-order valence-corrected chi connectivity index (χ1v) is 19.6. The zero-order chi connectivity index (χ0) is 48.0. The van der Waals surface area contributed by atoms with E-state index in [9.17, 15) is 58.5 Å². The van der Waals surface area contributed by atoms with Crippen LogP contribution in [0.1, 0.15) is 51.4 Å². The Morgan fingerprint density at radius 2 is 0.591 bits per heavy atom. The quantitative estimate of drug-likeness (QED) is 0.114. The summed E-state index contributed by atoms with van der Waals surface area (Å²) >= 11 is 0. The van der Waals surface area contributed by atoms with Crippen LogP contribution in [0, 0.1) is 13.8 Å². The maximum absolute atomic E-state index is 10.1. The molecule has 0 N–H and O–H groups in total. The summed E-state index contributed by atoms with van der Waals surface area (Å²) in [6.07, 6.45) is 1.97. The molecule has 16 nitrogen and oxygen atoms in total. The third-order valence-corrected chi connectivity index (χ3v) is 9.01. The van der Waals surface area contributed by atoms with Crippen LogP contribution in [0.25, 0.3) is 65.2 Å². The molecule has 8 aromatic rings. The number of ketones is 6. The molecule has 336 valence electrons. The van der Waals surface area contributed by atoms with Crippen molar-refractivity contribution in [3.05, 3.63) is 121 Å². The van der Waals surface area contributed by atoms with Crippen molar-refractivity contribution in [3.63, 3.8) is 0 Å². The van der Waals surface area contributed by atoms with Crippen LogP contribution in [-0.4, -0.2) is 72.5 Å². The molecule has 0 bridgehead atoms. The number of hydrogen-bond donors (Lipinski definition) is 0. The molecule has 8 rings (SSSR count). The summed E-state index contributed by atoms with van der Waals surface area (Å²) < 4.78 is 0. The van der Waals surface area contributed by atoms with Gasteiger partial charge in [-0.25, -0.2) is 9.97 Å². The Kier molecular flexibility index (Phi) is 19.3. The van der Waals surface area contributed by atoms with E-state index in [1.807, 2.05) is 26.2 Å². The van der Waals surface area contributed by atoms with Gasteiger partial charge in [0.05, 0.1) is 52.7 Å². The van der Waals surface area contributed by atoms with Crippen LogP contribution in [-0.2, 0) is 63.3 Å². The normalized spacial score (nSPS) is 10.1. The maximum atomic E-state index is 10.1. The number of hydrogen-bond acceptors (Lipinski definition) is 16. The van der Waals surface area contributed by atoms with Gasteiger partial charge in [0, 0.05) is 33.9 Å². The molecule has 0 spiro atoms. The van der Waals surface area contributed by atoms with Crippen molar-refractivity contribution in [2.45, 2.75) is 53.9 Å². The second kappa shape index (κ2) is 24.3. The molecule has 0 fully saturated rings. The molecule has 0 unspecified atom stereocenters. The largest absolute Gasteiger partial charge is 3.00 e. The monoisotopic (exact) mass is 1070 g/mol. The minimum Gasteiger partial charge on any atom is -0.542 e. The van der Waals surface area contributed by atoms with Crippen molar-refractivity contribution in [3.8, 4) is 0 Å². The van der Waals surface area contributed by atoms with E-state index in [-0.39, 0.29) is 20.1 Å². The molecular weight excluding hydrogens is 1030 g/mol. The van der Waals surface area contributed by atoms with Gasteiger partial charge in [-0.15, -0.1) is 0 Å². The van der Waals surface area contributed by atoms with Crippen molar-refractivity contribution >= 4 is 118 Å². The second-order valence-corrected chi connectivity index (χ2v) is 14.4. The molecule has 6 aromatic carbocycles. The van der Waals surface area contributed by atoms with Gasteiger partial charge in [-0.1, -0.05) is 97.1 Å². The molecule has 2 heterocycles. The molecular formula is C49H39IrN4O12. The number of nitrogens with zero attached hydrogens (tertiary/aromatic N) is 4. The number of aliphatic carboxylic acids is 3. The molecule has 66 heavy (non-hydrogen) atoms. The van der Waals surface area contributed by atoms with Gasteiger partial charge in [-0.2, -0.15) is 0 Å². The molecule has 0 amide bonds. The number of aryl methyl sites for hydroxylation is 2. The Morgan fingerprint density at radius 1 is 0.379 bits per heavy atom. The van der Waals surface area contributed by atoms with Crippen LogP contribution < -0.4 is 15.3 Å². The number of fused-ring (bicyclic) bond motifs is 12. The van der Waals surface area contributed by atoms with Gasteiger partial charge in [0.15, 0.2) is 17.3 Å². The minimum absolute atomic E-state index is 0. The molecule has 0 saturated carbocycles. The van der Waals surface area contributed by atoms with Crippen LogP contribution in [0.2, 0.25) is 0 Å².